The topological polar surface area (TPSA) is 50.9 Å². The Morgan fingerprint density at radius 1 is 0.583 bits per heavy atom. The van der Waals surface area contributed by atoms with Gasteiger partial charge >= 0.3 is 0 Å². The van der Waals surface area contributed by atoms with Crippen LogP contribution in [0.1, 0.15) is 62.3 Å². The Morgan fingerprint density at radius 2 is 1.28 bits per heavy atom. The first-order valence-electron chi connectivity index (χ1n) is 24.9. The van der Waals surface area contributed by atoms with Gasteiger partial charge in [-0.15, -0.1) is 0 Å². The highest BCUT2D eigenvalue weighted by molar-refractivity contribution is 5.98. The first-order chi connectivity index (χ1) is 33.1. The van der Waals surface area contributed by atoms with E-state index in [0.29, 0.717) is 39.2 Å². The van der Waals surface area contributed by atoms with Crippen molar-refractivity contribution in [1.29, 1.82) is 0 Å². The van der Waals surface area contributed by atoms with Crippen LogP contribution in [-0.4, -0.2) is 19.6 Å². The Bertz CT molecular complexity index is 3550. The molecule has 0 atom stereocenters. The summed E-state index contributed by atoms with van der Waals surface area (Å²) in [7, 11) is 0. The lowest BCUT2D eigenvalue weighted by molar-refractivity contribution is 0.472. The number of phenols is 1. The molecule has 0 amide bonds. The smallest absolute Gasteiger partial charge is 0.149 e. The second-order valence-electron chi connectivity index (χ2n) is 16.3. The Labute approximate surface area is 367 Å². The lowest BCUT2D eigenvalue weighted by Gasteiger charge is -2.22. The maximum absolute atomic E-state index is 11.9. The average molecular weight is 790 g/mol. The van der Waals surface area contributed by atoms with E-state index in [4.69, 9.17) is 17.3 Å². The molecule has 0 aliphatic rings. The van der Waals surface area contributed by atoms with Crippen LogP contribution in [-0.2, 0) is 5.41 Å². The predicted octanol–water partition coefficient (Wildman–Crippen LogP) is 14.7. The van der Waals surface area contributed by atoms with Gasteiger partial charge in [-0.1, -0.05) is 135 Å². The number of aromatic hydroxyl groups is 1. The molecule has 1 N–H and O–H groups in total. The number of para-hydroxylation sites is 1. The minimum atomic E-state index is -2.96. The number of pyridine rings is 1. The van der Waals surface area contributed by atoms with Gasteiger partial charge in [-0.05, 0) is 137 Å². The second-order valence-corrected chi connectivity index (χ2v) is 16.3. The fraction of sp³-hybridized carbons (Fsp3) is 0.143. The van der Waals surface area contributed by atoms with Crippen molar-refractivity contribution in [3.8, 4) is 78.6 Å². The number of hydrogen-bond donors (Lipinski definition) is 1. The van der Waals surface area contributed by atoms with Gasteiger partial charge in [0.05, 0.1) is 37.6 Å². The number of aryl methyl sites for hydroxylation is 3. The van der Waals surface area contributed by atoms with Gasteiger partial charge in [0.25, 0.3) is 0 Å². The van der Waals surface area contributed by atoms with E-state index in [1.807, 2.05) is 120 Å². The summed E-state index contributed by atoms with van der Waals surface area (Å²) in [5.74, 6) is 0.606. The highest BCUT2D eigenvalue weighted by Crippen LogP contribution is 2.44. The van der Waals surface area contributed by atoms with E-state index in [-0.39, 0.29) is 17.0 Å². The first kappa shape index (κ1) is 28.4. The van der Waals surface area contributed by atoms with Crippen molar-refractivity contribution < 1.29 is 18.8 Å². The number of hydrogen-bond acceptors (Lipinski definition) is 3. The molecule has 60 heavy (non-hydrogen) atoms. The Kier molecular flexibility index (Phi) is 7.23. The van der Waals surface area contributed by atoms with Crippen LogP contribution in [0.2, 0.25) is 0 Å². The number of phenolic OH excluding ortho intramolecular Hbond substituents is 1. The molecule has 0 unspecified atom stereocenters. The van der Waals surface area contributed by atoms with Gasteiger partial charge in [-0.25, -0.2) is 4.98 Å². The molecule has 4 nitrogen and oxygen atoms in total. The van der Waals surface area contributed by atoms with Crippen molar-refractivity contribution in [3.63, 3.8) is 0 Å². The number of imidazole rings is 1. The number of benzene rings is 7. The molecule has 0 aliphatic heterocycles. The number of aromatic nitrogens is 3. The number of fused-ring (bicyclic) bond motifs is 1. The van der Waals surface area contributed by atoms with E-state index in [2.05, 4.69) is 52.9 Å². The maximum Gasteiger partial charge on any atom is 0.149 e. The van der Waals surface area contributed by atoms with Crippen molar-refractivity contribution in [3.05, 3.63) is 192 Å². The Morgan fingerprint density at radius 3 is 1.98 bits per heavy atom. The molecule has 9 aromatic rings. The molecule has 0 bridgehead atoms. The minimum Gasteiger partial charge on any atom is -0.507 e. The number of nitrogens with zero attached hydrogens (tertiary/aromatic N) is 3. The molecule has 0 radical (unpaired) electrons. The predicted molar refractivity (Wildman–Crippen MR) is 251 cm³/mol. The summed E-state index contributed by atoms with van der Waals surface area (Å²) in [6, 6.07) is 36.1. The van der Waals surface area contributed by atoms with Crippen LogP contribution in [0.5, 0.6) is 5.75 Å². The van der Waals surface area contributed by atoms with Crippen molar-refractivity contribution >= 4 is 11.0 Å². The highest BCUT2D eigenvalue weighted by Gasteiger charge is 2.25. The summed E-state index contributed by atoms with van der Waals surface area (Å²) >= 11 is 0. The lowest BCUT2D eigenvalue weighted by Crippen LogP contribution is -2.11. The summed E-state index contributed by atoms with van der Waals surface area (Å²) in [6.45, 7) is 9.12. The standard InChI is InChI=1S/C56H49N3O/c1-35-21-23-39(24-22-35)42-25-26-57-50(33-42)44-30-43(31-45(32-44)56(5,6)7)46-19-14-20-51-53(46)58-55(49-28-36(2)27-38(4)54(49)60)59(51)52-34-47(40-15-10-8-11-16-40)37(3)29-48(52)41-17-12-9-13-18-41/h8-34,60H,1-7H3/i1D3,21D,22D,23D,24D,25D,26D,33D. The molecule has 0 aliphatic carbocycles. The quantitative estimate of drug-likeness (QED) is 0.175. The molecule has 9 rings (SSSR count). The van der Waals surface area contributed by atoms with Gasteiger partial charge in [-0.2, -0.15) is 0 Å². The van der Waals surface area contributed by atoms with Crippen LogP contribution in [0.3, 0.4) is 0 Å². The van der Waals surface area contributed by atoms with Crippen molar-refractivity contribution in [2.45, 2.75) is 53.8 Å². The molecule has 0 spiro atoms. The lowest BCUT2D eigenvalue weighted by atomic mass is 9.83. The van der Waals surface area contributed by atoms with Crippen LogP contribution in [0.25, 0.3) is 83.9 Å². The van der Waals surface area contributed by atoms with Gasteiger partial charge in [0, 0.05) is 27.0 Å². The molecule has 0 saturated carbocycles. The van der Waals surface area contributed by atoms with Crippen LogP contribution in [0.15, 0.2) is 164 Å². The van der Waals surface area contributed by atoms with Gasteiger partial charge in [0.2, 0.25) is 0 Å². The number of rotatable bonds is 7. The first-order valence-corrected chi connectivity index (χ1v) is 19.9. The van der Waals surface area contributed by atoms with Crippen LogP contribution < -0.4 is 0 Å². The monoisotopic (exact) mass is 789 g/mol. The fourth-order valence-corrected chi connectivity index (χ4v) is 7.92. The average Bonchev–Trinajstić information content (AvgIpc) is 3.71. The summed E-state index contributed by atoms with van der Waals surface area (Å²) in [5.41, 5.74) is 9.94. The minimum absolute atomic E-state index is 0.0424. The van der Waals surface area contributed by atoms with E-state index < -0.39 is 65.8 Å². The third-order valence-corrected chi connectivity index (χ3v) is 11.0. The second kappa shape index (κ2) is 15.3. The Hall–Kier alpha value is -7.04. The van der Waals surface area contributed by atoms with Gasteiger partial charge in [0.1, 0.15) is 11.6 Å². The summed E-state index contributed by atoms with van der Waals surface area (Å²) in [5, 5.41) is 11.9. The van der Waals surface area contributed by atoms with E-state index in [0.717, 1.165) is 50.1 Å². The van der Waals surface area contributed by atoms with Crippen LogP contribution >= 0.6 is 0 Å². The summed E-state index contributed by atoms with van der Waals surface area (Å²) in [4.78, 5) is 9.92. The largest absolute Gasteiger partial charge is 0.507 e. The zero-order valence-electron chi connectivity index (χ0n) is 44.3. The fourth-order valence-electron chi connectivity index (χ4n) is 7.92. The molecule has 4 heteroatoms. The SMILES string of the molecule is [2H]c1nc(-c2cc(-c3cccc4c3nc(-c3cc(C)cc(C)c3O)n4-c3cc(-c4ccccc4)c(C)cc3-c3ccccc3)cc(C(C)(C)C)c2)c([2H])c(-c2c([2H])c([2H])c(C([2H])([2H])[2H])c([2H])c2[2H])c1[2H]. The van der Waals surface area contributed by atoms with Crippen molar-refractivity contribution in [2.24, 2.45) is 0 Å². The van der Waals surface area contributed by atoms with E-state index >= 15 is 0 Å². The van der Waals surface area contributed by atoms with Crippen molar-refractivity contribution in [1.82, 2.24) is 14.5 Å². The normalized spacial score (nSPS) is 14.2. The third-order valence-electron chi connectivity index (χ3n) is 11.0. The van der Waals surface area contributed by atoms with Gasteiger partial charge < -0.3 is 5.11 Å². The Balaban J connectivity index is 1.35. The van der Waals surface area contributed by atoms with Gasteiger partial charge in [-0.3, -0.25) is 9.55 Å². The molecular formula is C56H49N3O. The van der Waals surface area contributed by atoms with E-state index in [1.165, 1.54) is 0 Å². The molecule has 0 saturated heterocycles. The third kappa shape index (κ3) is 7.20. The molecule has 2 aromatic heterocycles. The van der Waals surface area contributed by atoms with Crippen molar-refractivity contribution in [2.75, 3.05) is 0 Å². The molecule has 7 aromatic carbocycles. The molecule has 294 valence electrons. The van der Waals surface area contributed by atoms with Crippen LogP contribution in [0, 0.1) is 27.6 Å². The van der Waals surface area contributed by atoms with Gasteiger partial charge in [0.15, 0.2) is 0 Å². The maximum atomic E-state index is 11.9. The van der Waals surface area contributed by atoms with E-state index in [9.17, 15) is 6.48 Å². The summed E-state index contributed by atoms with van der Waals surface area (Å²) < 4.78 is 88.1. The van der Waals surface area contributed by atoms with E-state index in [1.54, 1.807) is 0 Å². The molecule has 2 heterocycles. The molecule has 0 fully saturated rings. The van der Waals surface area contributed by atoms with Crippen LogP contribution in [0.4, 0.5) is 0 Å². The zero-order valence-corrected chi connectivity index (χ0v) is 34.3. The molecular weight excluding hydrogens is 731 g/mol. The highest BCUT2D eigenvalue weighted by atomic mass is 16.3. The summed E-state index contributed by atoms with van der Waals surface area (Å²) in [6.07, 6.45) is -0.568. The zero-order chi connectivity index (χ0) is 50.3.